The Bertz CT molecular complexity index is 400. The van der Waals surface area contributed by atoms with Gasteiger partial charge in [-0.15, -0.1) is 0 Å². The van der Waals surface area contributed by atoms with Crippen LogP contribution in [0.3, 0.4) is 0 Å². The quantitative estimate of drug-likeness (QED) is 0.615. The van der Waals surface area contributed by atoms with E-state index in [1.807, 2.05) is 0 Å². The molecule has 7 nitrogen and oxygen atoms in total. The van der Waals surface area contributed by atoms with Crippen molar-refractivity contribution in [2.75, 3.05) is 6.61 Å². The largest absolute Gasteiger partial charge is 0.463 e. The molecule has 3 atom stereocenters. The number of ether oxygens (including phenoxy) is 3. The summed E-state index contributed by atoms with van der Waals surface area (Å²) in [5.41, 5.74) is -0.670. The summed E-state index contributed by atoms with van der Waals surface area (Å²) in [6.45, 7) is 8.63. The number of esters is 2. The Hall–Kier alpha value is -1.79. The zero-order chi connectivity index (χ0) is 15.5. The second kappa shape index (κ2) is 6.11. The minimum absolute atomic E-state index is 0.198. The molecule has 1 heterocycles. The molecule has 0 radical (unpaired) electrons. The van der Waals surface area contributed by atoms with Gasteiger partial charge in [-0.3, -0.25) is 0 Å². The molecule has 0 aromatic carbocycles. The van der Waals surface area contributed by atoms with Crippen LogP contribution in [-0.2, 0) is 23.8 Å². The summed E-state index contributed by atoms with van der Waals surface area (Å²) in [4.78, 5) is 35.0. The highest BCUT2D eigenvalue weighted by Crippen LogP contribution is 2.24. The third kappa shape index (κ3) is 4.11. The van der Waals surface area contributed by atoms with Gasteiger partial charge in [0.25, 0.3) is 0 Å². The molecule has 7 heteroatoms. The van der Waals surface area contributed by atoms with Crippen LogP contribution in [0.2, 0.25) is 0 Å². The van der Waals surface area contributed by atoms with Gasteiger partial charge in [0.05, 0.1) is 6.61 Å². The molecule has 1 aliphatic rings. The van der Waals surface area contributed by atoms with Crippen LogP contribution < -0.4 is 5.32 Å². The summed E-state index contributed by atoms with van der Waals surface area (Å²) < 4.78 is 14.8. The van der Waals surface area contributed by atoms with E-state index in [0.29, 0.717) is 0 Å². The molecule has 0 aliphatic carbocycles. The lowest BCUT2D eigenvalue weighted by Gasteiger charge is -2.22. The Morgan fingerprint density at radius 3 is 2.45 bits per heavy atom. The van der Waals surface area contributed by atoms with Crippen molar-refractivity contribution in [2.45, 2.75) is 52.4 Å². The van der Waals surface area contributed by atoms with Gasteiger partial charge >= 0.3 is 18.0 Å². The van der Waals surface area contributed by atoms with Crippen molar-refractivity contribution in [1.82, 2.24) is 5.32 Å². The summed E-state index contributed by atoms with van der Waals surface area (Å²) >= 11 is 0. The fourth-order valence-electron chi connectivity index (χ4n) is 1.81. The van der Waals surface area contributed by atoms with Crippen molar-refractivity contribution in [3.63, 3.8) is 0 Å². The third-order valence-electron chi connectivity index (χ3n) is 2.69. The molecular formula is C13H21NO6. The first kappa shape index (κ1) is 16.3. The molecule has 20 heavy (non-hydrogen) atoms. The van der Waals surface area contributed by atoms with Crippen molar-refractivity contribution >= 4 is 18.0 Å². The van der Waals surface area contributed by atoms with Gasteiger partial charge in [-0.25, -0.2) is 14.4 Å². The van der Waals surface area contributed by atoms with E-state index in [0.717, 1.165) is 0 Å². The Morgan fingerprint density at radius 1 is 1.35 bits per heavy atom. The molecule has 1 saturated heterocycles. The molecule has 1 aliphatic heterocycles. The average Bonchev–Trinajstić information content (AvgIpc) is 2.55. The standard InChI is InChI=1S/C13H21NO6/c1-6-18-11(16)9-7(2)8(10(15)19-9)14-12(17)20-13(3,4)5/h7-9H,6H2,1-5H3,(H,14,17)/t7-,8-,9-/m1/s1. The highest BCUT2D eigenvalue weighted by atomic mass is 16.6. The normalized spacial score (nSPS) is 25.9. The molecule has 1 fully saturated rings. The van der Waals surface area contributed by atoms with Gasteiger partial charge in [0.15, 0.2) is 0 Å². The molecule has 1 N–H and O–H groups in total. The van der Waals surface area contributed by atoms with Crippen LogP contribution >= 0.6 is 0 Å². The van der Waals surface area contributed by atoms with Gasteiger partial charge in [0.1, 0.15) is 11.6 Å². The van der Waals surface area contributed by atoms with Gasteiger partial charge in [0.2, 0.25) is 6.10 Å². The first-order valence-corrected chi connectivity index (χ1v) is 6.52. The Balaban J connectivity index is 2.65. The lowest BCUT2D eigenvalue weighted by molar-refractivity contribution is -0.162. The maximum Gasteiger partial charge on any atom is 0.408 e. The predicted molar refractivity (Wildman–Crippen MR) is 68.8 cm³/mol. The van der Waals surface area contributed by atoms with E-state index in [9.17, 15) is 14.4 Å². The van der Waals surface area contributed by atoms with Crippen LogP contribution in [-0.4, -0.2) is 42.4 Å². The number of cyclic esters (lactones) is 1. The van der Waals surface area contributed by atoms with Crippen LogP contribution in [0.5, 0.6) is 0 Å². The average molecular weight is 287 g/mol. The first-order valence-electron chi connectivity index (χ1n) is 6.52. The van der Waals surface area contributed by atoms with E-state index < -0.39 is 41.7 Å². The summed E-state index contributed by atoms with van der Waals surface area (Å²) in [5.74, 6) is -1.79. The summed E-state index contributed by atoms with van der Waals surface area (Å²) in [6.07, 6.45) is -1.72. The van der Waals surface area contributed by atoms with Crippen LogP contribution in [0.1, 0.15) is 34.6 Å². The SMILES string of the molecule is CCOC(=O)[C@@H]1OC(=O)[C@H](NC(=O)OC(C)(C)C)[C@H]1C. The number of hydrogen-bond acceptors (Lipinski definition) is 6. The van der Waals surface area contributed by atoms with Gasteiger partial charge in [-0.2, -0.15) is 0 Å². The molecule has 1 amide bonds. The van der Waals surface area contributed by atoms with E-state index in [2.05, 4.69) is 5.32 Å². The van der Waals surface area contributed by atoms with Gasteiger partial charge < -0.3 is 19.5 Å². The van der Waals surface area contributed by atoms with Crippen molar-refractivity contribution < 1.29 is 28.6 Å². The zero-order valence-electron chi connectivity index (χ0n) is 12.4. The lowest BCUT2D eigenvalue weighted by Crippen LogP contribution is -2.45. The van der Waals surface area contributed by atoms with Crippen LogP contribution in [0, 0.1) is 5.92 Å². The number of alkyl carbamates (subject to hydrolysis) is 1. The van der Waals surface area contributed by atoms with Gasteiger partial charge in [-0.1, -0.05) is 6.92 Å². The van der Waals surface area contributed by atoms with Crippen molar-refractivity contribution in [2.24, 2.45) is 5.92 Å². The molecule has 0 bridgehead atoms. The monoisotopic (exact) mass is 287 g/mol. The van der Waals surface area contributed by atoms with Crippen molar-refractivity contribution in [1.29, 1.82) is 0 Å². The number of hydrogen-bond donors (Lipinski definition) is 1. The minimum Gasteiger partial charge on any atom is -0.463 e. The number of carbonyl (C=O) groups excluding carboxylic acids is 3. The maximum atomic E-state index is 11.7. The zero-order valence-corrected chi connectivity index (χ0v) is 12.4. The molecule has 114 valence electrons. The van der Waals surface area contributed by atoms with Crippen LogP contribution in [0.4, 0.5) is 4.79 Å². The summed E-state index contributed by atoms with van der Waals surface area (Å²) in [5, 5.41) is 2.42. The predicted octanol–water partition coefficient (Wildman–Crippen LogP) is 1.00. The third-order valence-corrected chi connectivity index (χ3v) is 2.69. The van der Waals surface area contributed by atoms with Crippen LogP contribution in [0.15, 0.2) is 0 Å². The number of rotatable bonds is 3. The summed E-state index contributed by atoms with van der Waals surface area (Å²) in [6, 6.07) is -0.917. The smallest absolute Gasteiger partial charge is 0.408 e. The molecule has 0 aromatic rings. The van der Waals surface area contributed by atoms with E-state index in [4.69, 9.17) is 14.2 Å². The van der Waals surface area contributed by atoms with Crippen molar-refractivity contribution in [3.05, 3.63) is 0 Å². The second-order valence-corrected chi connectivity index (χ2v) is 5.59. The van der Waals surface area contributed by atoms with E-state index >= 15 is 0 Å². The minimum atomic E-state index is -0.998. The number of carbonyl (C=O) groups is 3. The molecular weight excluding hydrogens is 266 g/mol. The lowest BCUT2D eigenvalue weighted by atomic mass is 9.99. The van der Waals surface area contributed by atoms with Gasteiger partial charge in [-0.05, 0) is 27.7 Å². The van der Waals surface area contributed by atoms with Gasteiger partial charge in [0, 0.05) is 5.92 Å². The number of nitrogens with one attached hydrogen (secondary N) is 1. The Labute approximate surface area is 117 Å². The molecule has 0 unspecified atom stereocenters. The maximum absolute atomic E-state index is 11.7. The first-order chi connectivity index (χ1) is 9.15. The van der Waals surface area contributed by atoms with E-state index in [1.54, 1.807) is 34.6 Å². The number of amides is 1. The second-order valence-electron chi connectivity index (χ2n) is 5.59. The fraction of sp³-hybridized carbons (Fsp3) is 0.769. The highest BCUT2D eigenvalue weighted by molar-refractivity contribution is 5.89. The van der Waals surface area contributed by atoms with E-state index in [-0.39, 0.29) is 6.61 Å². The Kier molecular flexibility index (Phi) is 4.97. The highest BCUT2D eigenvalue weighted by Gasteiger charge is 2.47. The van der Waals surface area contributed by atoms with E-state index in [1.165, 1.54) is 0 Å². The molecule has 0 spiro atoms. The fourth-order valence-corrected chi connectivity index (χ4v) is 1.81. The molecule has 0 aromatic heterocycles. The molecule has 0 saturated carbocycles. The molecule has 1 rings (SSSR count). The topological polar surface area (TPSA) is 90.9 Å². The Morgan fingerprint density at radius 2 is 1.95 bits per heavy atom. The van der Waals surface area contributed by atoms with Crippen molar-refractivity contribution in [3.8, 4) is 0 Å². The van der Waals surface area contributed by atoms with Crippen LogP contribution in [0.25, 0.3) is 0 Å². The summed E-state index contributed by atoms with van der Waals surface area (Å²) in [7, 11) is 0.